The number of nitrogens with zero attached hydrogens (tertiary/aromatic N) is 6. The minimum atomic E-state index is -0.891. The van der Waals surface area contributed by atoms with Crippen LogP contribution in [0, 0.1) is 5.92 Å². The highest BCUT2D eigenvalue weighted by molar-refractivity contribution is 5.97. The molecular formula is C41H44N6O4. The highest BCUT2D eigenvalue weighted by Gasteiger charge is 2.31. The summed E-state index contributed by atoms with van der Waals surface area (Å²) < 4.78 is 7.90. The predicted molar refractivity (Wildman–Crippen MR) is 197 cm³/mol. The van der Waals surface area contributed by atoms with E-state index in [2.05, 4.69) is 46.0 Å². The molecule has 3 aliphatic heterocycles. The fourth-order valence-electron chi connectivity index (χ4n) is 8.07. The monoisotopic (exact) mass is 684 g/mol. The molecule has 0 atom stereocenters. The maximum atomic E-state index is 12.4. The molecule has 0 radical (unpaired) electrons. The number of rotatable bonds is 8. The van der Waals surface area contributed by atoms with E-state index in [0.717, 1.165) is 128 Å². The molecule has 2 aromatic carbocycles. The number of carboxylic acid groups (broad SMARTS) is 1. The number of hydrogen-bond acceptors (Lipinski definition) is 7. The molecule has 2 saturated heterocycles. The number of ether oxygens (including phenoxy) is 1. The van der Waals surface area contributed by atoms with Gasteiger partial charge in [0, 0.05) is 104 Å². The number of aromatic nitrogens is 4. The third-order valence-corrected chi connectivity index (χ3v) is 11.1. The van der Waals surface area contributed by atoms with Gasteiger partial charge < -0.3 is 19.6 Å². The average Bonchev–Trinajstić information content (AvgIpc) is 3.56. The van der Waals surface area contributed by atoms with E-state index < -0.39 is 5.97 Å². The smallest absolute Gasteiger partial charge is 0.335 e. The standard InChI is InChI=1S/C41H44N6O4/c1-27(48)46-20-15-39-37(26-46)40(44-47(39)34-16-21-51-22-17-34)35-4-2-3-30-23-38(43-25-36(30)35)31-6-10-32(42-24-31)9-5-28-13-18-45(19-14-28)33-11-7-29(8-12-33)41(49)50/h2-4,6-8,10-12,23-25,28,34H,5,9,13-22,26H2,1H3,(H,49,50). The molecule has 0 unspecified atom stereocenters. The number of aryl methyl sites for hydroxylation is 1. The molecule has 1 N–H and O–H groups in total. The third kappa shape index (κ3) is 6.85. The van der Waals surface area contributed by atoms with Crippen LogP contribution >= 0.6 is 0 Å². The lowest BCUT2D eigenvalue weighted by Gasteiger charge is -2.33. The average molecular weight is 685 g/mol. The van der Waals surface area contributed by atoms with E-state index in [1.807, 2.05) is 29.4 Å². The molecule has 0 spiro atoms. The zero-order valence-corrected chi connectivity index (χ0v) is 29.1. The van der Waals surface area contributed by atoms with Crippen LogP contribution in [0.5, 0.6) is 0 Å². The Morgan fingerprint density at radius 2 is 1.73 bits per heavy atom. The molecule has 51 heavy (non-hydrogen) atoms. The summed E-state index contributed by atoms with van der Waals surface area (Å²) in [5.74, 6) is -0.145. The highest BCUT2D eigenvalue weighted by atomic mass is 16.5. The van der Waals surface area contributed by atoms with Gasteiger partial charge in [0.05, 0.1) is 23.0 Å². The van der Waals surface area contributed by atoms with Crippen molar-refractivity contribution in [3.8, 4) is 22.5 Å². The fourth-order valence-corrected chi connectivity index (χ4v) is 8.07. The van der Waals surface area contributed by atoms with Crippen molar-refractivity contribution in [2.24, 2.45) is 5.92 Å². The number of anilines is 1. The Bertz CT molecular complexity index is 2040. The molecule has 3 aromatic heterocycles. The molecule has 6 heterocycles. The van der Waals surface area contributed by atoms with Crippen LogP contribution in [0.15, 0.2) is 73.1 Å². The molecule has 0 aliphatic carbocycles. The van der Waals surface area contributed by atoms with Gasteiger partial charge >= 0.3 is 5.97 Å². The second-order valence-electron chi connectivity index (χ2n) is 14.2. The zero-order chi connectivity index (χ0) is 34.9. The van der Waals surface area contributed by atoms with Crippen LogP contribution in [0.3, 0.4) is 0 Å². The Labute approximate surface area is 298 Å². The van der Waals surface area contributed by atoms with Crippen LogP contribution in [-0.4, -0.2) is 74.5 Å². The molecular weight excluding hydrogens is 640 g/mol. The summed E-state index contributed by atoms with van der Waals surface area (Å²) in [7, 11) is 0. The van der Waals surface area contributed by atoms with E-state index in [4.69, 9.17) is 19.8 Å². The summed E-state index contributed by atoms with van der Waals surface area (Å²) in [6.07, 6.45) is 10.9. The van der Waals surface area contributed by atoms with Gasteiger partial charge in [-0.3, -0.25) is 19.4 Å². The van der Waals surface area contributed by atoms with Crippen molar-refractivity contribution in [1.29, 1.82) is 0 Å². The van der Waals surface area contributed by atoms with E-state index in [-0.39, 0.29) is 5.91 Å². The van der Waals surface area contributed by atoms with Crippen LogP contribution in [0.25, 0.3) is 33.3 Å². The molecule has 262 valence electrons. The van der Waals surface area contributed by atoms with Crippen molar-refractivity contribution < 1.29 is 19.4 Å². The van der Waals surface area contributed by atoms with Gasteiger partial charge in [0.2, 0.25) is 5.91 Å². The van der Waals surface area contributed by atoms with Gasteiger partial charge in [0.15, 0.2) is 0 Å². The van der Waals surface area contributed by atoms with Crippen LogP contribution < -0.4 is 4.90 Å². The number of pyridine rings is 2. The van der Waals surface area contributed by atoms with Crippen molar-refractivity contribution >= 4 is 28.3 Å². The fraction of sp³-hybridized carbons (Fsp3) is 0.390. The van der Waals surface area contributed by atoms with Gasteiger partial charge in [0.25, 0.3) is 0 Å². The van der Waals surface area contributed by atoms with Gasteiger partial charge in [-0.15, -0.1) is 0 Å². The Hall–Kier alpha value is -5.09. The lowest BCUT2D eigenvalue weighted by atomic mass is 9.91. The molecule has 10 heteroatoms. The van der Waals surface area contributed by atoms with E-state index in [0.29, 0.717) is 24.1 Å². The van der Waals surface area contributed by atoms with Crippen LogP contribution in [-0.2, 0) is 28.9 Å². The molecule has 0 bridgehead atoms. The van der Waals surface area contributed by atoms with E-state index >= 15 is 0 Å². The Morgan fingerprint density at radius 3 is 2.45 bits per heavy atom. The minimum Gasteiger partial charge on any atom is -0.478 e. The first-order valence-electron chi connectivity index (χ1n) is 18.3. The number of amides is 1. The summed E-state index contributed by atoms with van der Waals surface area (Å²) in [5, 5.41) is 16.6. The van der Waals surface area contributed by atoms with E-state index in [1.165, 1.54) is 5.69 Å². The summed E-state index contributed by atoms with van der Waals surface area (Å²) >= 11 is 0. The predicted octanol–water partition coefficient (Wildman–Crippen LogP) is 6.96. The van der Waals surface area contributed by atoms with E-state index in [9.17, 15) is 14.7 Å². The number of carbonyl (C=O) groups is 2. The molecule has 8 rings (SSSR count). The first kappa shape index (κ1) is 33.1. The van der Waals surface area contributed by atoms with Crippen molar-refractivity contribution in [2.45, 2.75) is 64.5 Å². The SMILES string of the molecule is CC(=O)N1CCc2c(c(-c3cccc4cc(-c5ccc(CCC6CCN(c7ccc(C(=O)O)cc7)CC6)nc5)ncc34)nn2C2CCOCC2)C1. The van der Waals surface area contributed by atoms with Gasteiger partial charge in [-0.1, -0.05) is 18.2 Å². The summed E-state index contributed by atoms with van der Waals surface area (Å²) in [6, 6.07) is 20.3. The van der Waals surface area contributed by atoms with Gasteiger partial charge in [0.1, 0.15) is 0 Å². The van der Waals surface area contributed by atoms with Crippen LogP contribution in [0.2, 0.25) is 0 Å². The largest absolute Gasteiger partial charge is 0.478 e. The Kier molecular flexibility index (Phi) is 9.25. The number of benzene rings is 2. The van der Waals surface area contributed by atoms with Gasteiger partial charge in [-0.25, -0.2) is 4.79 Å². The minimum absolute atomic E-state index is 0.0959. The maximum Gasteiger partial charge on any atom is 0.335 e. The number of piperidine rings is 1. The van der Waals surface area contributed by atoms with Crippen molar-refractivity contribution in [1.82, 2.24) is 24.6 Å². The van der Waals surface area contributed by atoms with Crippen molar-refractivity contribution in [2.75, 3.05) is 37.7 Å². The Morgan fingerprint density at radius 1 is 0.922 bits per heavy atom. The number of carboxylic acids is 1. The first-order valence-corrected chi connectivity index (χ1v) is 18.3. The number of hydrogen-bond donors (Lipinski definition) is 1. The summed E-state index contributed by atoms with van der Waals surface area (Å²) in [6.45, 7) is 6.41. The number of carbonyl (C=O) groups excluding carboxylic acids is 1. The van der Waals surface area contributed by atoms with Crippen molar-refractivity contribution in [3.05, 3.63) is 95.6 Å². The normalized spacial score (nSPS) is 17.1. The van der Waals surface area contributed by atoms with Crippen LogP contribution in [0.4, 0.5) is 5.69 Å². The molecule has 5 aromatic rings. The molecule has 3 aliphatic rings. The maximum absolute atomic E-state index is 12.4. The van der Waals surface area contributed by atoms with E-state index in [1.54, 1.807) is 19.1 Å². The van der Waals surface area contributed by atoms with Crippen LogP contribution in [0.1, 0.15) is 72.4 Å². The lowest BCUT2D eigenvalue weighted by Crippen LogP contribution is -2.35. The van der Waals surface area contributed by atoms with Gasteiger partial charge in [-0.2, -0.15) is 5.10 Å². The topological polar surface area (TPSA) is 114 Å². The second kappa shape index (κ2) is 14.3. The second-order valence-corrected chi connectivity index (χ2v) is 14.2. The molecule has 10 nitrogen and oxygen atoms in total. The Balaban J connectivity index is 0.956. The molecule has 2 fully saturated rings. The van der Waals surface area contributed by atoms with Crippen molar-refractivity contribution in [3.63, 3.8) is 0 Å². The summed E-state index contributed by atoms with van der Waals surface area (Å²) in [5.41, 5.74) is 8.79. The molecule has 0 saturated carbocycles. The van der Waals surface area contributed by atoms with Gasteiger partial charge in [-0.05, 0) is 92.3 Å². The first-order chi connectivity index (χ1) is 24.9. The zero-order valence-electron chi connectivity index (χ0n) is 29.1. The third-order valence-electron chi connectivity index (χ3n) is 11.1. The molecule has 1 amide bonds. The lowest BCUT2D eigenvalue weighted by molar-refractivity contribution is -0.129. The highest BCUT2D eigenvalue weighted by Crippen LogP contribution is 2.37. The number of fused-ring (bicyclic) bond motifs is 2. The quantitative estimate of drug-likeness (QED) is 0.187. The summed E-state index contributed by atoms with van der Waals surface area (Å²) in [4.78, 5) is 37.6. The number of aromatic carboxylic acids is 1.